The molecule has 0 aromatic heterocycles. The molecule has 74 valence electrons. The lowest BCUT2D eigenvalue weighted by atomic mass is 9.86. The van der Waals surface area contributed by atoms with Crippen molar-refractivity contribution >= 4 is 23.3 Å². The van der Waals surface area contributed by atoms with Crippen molar-refractivity contribution in [3.63, 3.8) is 0 Å². The molecule has 0 unspecified atom stereocenters. The van der Waals surface area contributed by atoms with Gasteiger partial charge < -0.3 is 16.2 Å². The first-order valence-electron chi connectivity index (χ1n) is 4.38. The SMILES string of the molecule is NC(=S)NC1CCC(C(=O)O)CC1. The van der Waals surface area contributed by atoms with Crippen LogP contribution in [0.1, 0.15) is 25.7 Å². The normalized spacial score (nSPS) is 28.0. The van der Waals surface area contributed by atoms with Gasteiger partial charge >= 0.3 is 5.97 Å². The lowest BCUT2D eigenvalue weighted by Crippen LogP contribution is -2.41. The number of carboxylic acids is 1. The van der Waals surface area contributed by atoms with Crippen molar-refractivity contribution in [2.45, 2.75) is 31.7 Å². The quantitative estimate of drug-likeness (QED) is 0.567. The molecule has 4 nitrogen and oxygen atoms in total. The highest BCUT2D eigenvalue weighted by molar-refractivity contribution is 7.80. The van der Waals surface area contributed by atoms with Crippen LogP contribution in [0.2, 0.25) is 0 Å². The largest absolute Gasteiger partial charge is 0.481 e. The van der Waals surface area contributed by atoms with Gasteiger partial charge in [0.2, 0.25) is 0 Å². The number of hydrogen-bond acceptors (Lipinski definition) is 2. The summed E-state index contributed by atoms with van der Waals surface area (Å²) in [4.78, 5) is 10.6. The van der Waals surface area contributed by atoms with Gasteiger partial charge in [0.25, 0.3) is 0 Å². The number of nitrogens with one attached hydrogen (secondary N) is 1. The molecule has 13 heavy (non-hydrogen) atoms. The predicted molar refractivity (Wildman–Crippen MR) is 53.3 cm³/mol. The summed E-state index contributed by atoms with van der Waals surface area (Å²) in [6.07, 6.45) is 3.12. The van der Waals surface area contributed by atoms with Crippen LogP contribution in [0.15, 0.2) is 0 Å². The summed E-state index contributed by atoms with van der Waals surface area (Å²) < 4.78 is 0. The molecule has 0 amide bonds. The Morgan fingerprint density at radius 1 is 1.38 bits per heavy atom. The summed E-state index contributed by atoms with van der Waals surface area (Å²) in [5.74, 6) is -0.863. The van der Waals surface area contributed by atoms with Gasteiger partial charge in [0.05, 0.1) is 5.92 Å². The third-order valence-electron chi connectivity index (χ3n) is 2.42. The summed E-state index contributed by atoms with van der Waals surface area (Å²) >= 11 is 4.71. The molecule has 0 aromatic carbocycles. The zero-order valence-corrected chi connectivity index (χ0v) is 8.14. The van der Waals surface area contributed by atoms with Crippen LogP contribution in [-0.4, -0.2) is 22.2 Å². The molecule has 4 N–H and O–H groups in total. The minimum absolute atomic E-state index is 0.176. The molecule has 0 bridgehead atoms. The van der Waals surface area contributed by atoms with Gasteiger partial charge in [-0.05, 0) is 37.9 Å². The third kappa shape index (κ3) is 3.18. The lowest BCUT2D eigenvalue weighted by Gasteiger charge is -2.26. The third-order valence-corrected chi connectivity index (χ3v) is 2.54. The molecule has 1 saturated carbocycles. The van der Waals surface area contributed by atoms with Crippen molar-refractivity contribution in [1.29, 1.82) is 0 Å². The maximum atomic E-state index is 10.6. The molecule has 5 heteroatoms. The summed E-state index contributed by atoms with van der Waals surface area (Å²) in [5, 5.41) is 12.0. The van der Waals surface area contributed by atoms with Crippen molar-refractivity contribution in [2.75, 3.05) is 0 Å². The number of aliphatic carboxylic acids is 1. The van der Waals surface area contributed by atoms with Crippen LogP contribution in [0.4, 0.5) is 0 Å². The zero-order chi connectivity index (χ0) is 9.84. The smallest absolute Gasteiger partial charge is 0.306 e. The molecule has 1 fully saturated rings. The molecule has 0 saturated heterocycles. The first-order valence-corrected chi connectivity index (χ1v) is 4.79. The van der Waals surface area contributed by atoms with E-state index in [4.69, 9.17) is 23.1 Å². The Morgan fingerprint density at radius 3 is 2.31 bits per heavy atom. The van der Waals surface area contributed by atoms with E-state index in [0.29, 0.717) is 5.11 Å². The van der Waals surface area contributed by atoms with E-state index < -0.39 is 5.97 Å². The molecule has 0 radical (unpaired) electrons. The van der Waals surface area contributed by atoms with Gasteiger partial charge in [-0.1, -0.05) is 0 Å². The van der Waals surface area contributed by atoms with Crippen molar-refractivity contribution in [3.05, 3.63) is 0 Å². The van der Waals surface area contributed by atoms with Crippen LogP contribution in [0.5, 0.6) is 0 Å². The van der Waals surface area contributed by atoms with E-state index in [-0.39, 0.29) is 12.0 Å². The van der Waals surface area contributed by atoms with E-state index in [2.05, 4.69) is 5.32 Å². The van der Waals surface area contributed by atoms with Gasteiger partial charge in [0.15, 0.2) is 5.11 Å². The minimum Gasteiger partial charge on any atom is -0.481 e. The number of carbonyl (C=O) groups is 1. The van der Waals surface area contributed by atoms with Crippen molar-refractivity contribution in [3.8, 4) is 0 Å². The zero-order valence-electron chi connectivity index (χ0n) is 7.32. The first kappa shape index (κ1) is 10.2. The van der Waals surface area contributed by atoms with E-state index in [9.17, 15) is 4.79 Å². The average Bonchev–Trinajstić information content (AvgIpc) is 2.04. The van der Waals surface area contributed by atoms with Gasteiger partial charge in [-0.2, -0.15) is 0 Å². The standard InChI is InChI=1S/C8H14N2O2S/c9-8(13)10-6-3-1-5(2-4-6)7(11)12/h5-6H,1-4H2,(H,11,12)(H3,9,10,13). The van der Waals surface area contributed by atoms with Gasteiger partial charge in [0.1, 0.15) is 0 Å². The fourth-order valence-corrected chi connectivity index (χ4v) is 1.85. The molecule has 1 aliphatic carbocycles. The Bertz CT molecular complexity index is 212. The Hall–Kier alpha value is -0.840. The maximum Gasteiger partial charge on any atom is 0.306 e. The Labute approximate surface area is 82.5 Å². The number of hydrogen-bond donors (Lipinski definition) is 3. The maximum absolute atomic E-state index is 10.6. The van der Waals surface area contributed by atoms with Crippen LogP contribution in [0.3, 0.4) is 0 Å². The fraction of sp³-hybridized carbons (Fsp3) is 0.750. The van der Waals surface area contributed by atoms with Crippen molar-refractivity contribution in [1.82, 2.24) is 5.32 Å². The Balaban J connectivity index is 2.30. The highest BCUT2D eigenvalue weighted by atomic mass is 32.1. The Morgan fingerprint density at radius 2 is 1.92 bits per heavy atom. The summed E-state index contributed by atoms with van der Waals surface area (Å²) in [5.41, 5.74) is 5.32. The van der Waals surface area contributed by atoms with Crippen LogP contribution in [-0.2, 0) is 4.79 Å². The van der Waals surface area contributed by atoms with Gasteiger partial charge in [-0.15, -0.1) is 0 Å². The second-order valence-electron chi connectivity index (χ2n) is 3.40. The highest BCUT2D eigenvalue weighted by Gasteiger charge is 2.25. The second kappa shape index (κ2) is 4.41. The first-order chi connectivity index (χ1) is 6.09. The van der Waals surface area contributed by atoms with Crippen molar-refractivity contribution in [2.24, 2.45) is 11.7 Å². The molecule has 0 atom stereocenters. The van der Waals surface area contributed by atoms with Crippen LogP contribution in [0, 0.1) is 5.92 Å². The fourth-order valence-electron chi connectivity index (χ4n) is 1.69. The van der Waals surface area contributed by atoms with Crippen molar-refractivity contribution < 1.29 is 9.90 Å². The number of thiocarbonyl (C=S) groups is 1. The van der Waals surface area contributed by atoms with E-state index in [0.717, 1.165) is 25.7 Å². The monoisotopic (exact) mass is 202 g/mol. The molecule has 0 spiro atoms. The van der Waals surface area contributed by atoms with Crippen LogP contribution >= 0.6 is 12.2 Å². The van der Waals surface area contributed by atoms with Crippen LogP contribution < -0.4 is 11.1 Å². The molecule has 1 aliphatic rings. The molecule has 0 aromatic rings. The minimum atomic E-state index is -0.686. The molecule has 0 heterocycles. The summed E-state index contributed by atoms with van der Waals surface area (Å²) in [6.45, 7) is 0. The molecular weight excluding hydrogens is 188 g/mol. The number of rotatable bonds is 2. The van der Waals surface area contributed by atoms with E-state index in [1.54, 1.807) is 0 Å². The van der Waals surface area contributed by atoms with Gasteiger partial charge in [0, 0.05) is 6.04 Å². The van der Waals surface area contributed by atoms with E-state index in [1.165, 1.54) is 0 Å². The topological polar surface area (TPSA) is 75.3 Å². The average molecular weight is 202 g/mol. The van der Waals surface area contributed by atoms with Gasteiger partial charge in [-0.3, -0.25) is 4.79 Å². The number of carboxylic acid groups (broad SMARTS) is 1. The van der Waals surface area contributed by atoms with Gasteiger partial charge in [-0.25, -0.2) is 0 Å². The van der Waals surface area contributed by atoms with E-state index in [1.807, 2.05) is 0 Å². The lowest BCUT2D eigenvalue weighted by molar-refractivity contribution is -0.142. The highest BCUT2D eigenvalue weighted by Crippen LogP contribution is 2.24. The molecular formula is C8H14N2O2S. The second-order valence-corrected chi connectivity index (χ2v) is 3.84. The molecule has 0 aliphatic heterocycles. The van der Waals surface area contributed by atoms with Crippen LogP contribution in [0.25, 0.3) is 0 Å². The predicted octanol–water partition coefficient (Wildman–Crippen LogP) is 0.463. The summed E-state index contributed by atoms with van der Waals surface area (Å²) in [7, 11) is 0. The van der Waals surface area contributed by atoms with E-state index >= 15 is 0 Å². The summed E-state index contributed by atoms with van der Waals surface area (Å²) in [6, 6.07) is 0.271. The number of nitrogens with two attached hydrogens (primary N) is 1. The molecule has 1 rings (SSSR count). The Kier molecular flexibility index (Phi) is 3.48.